The lowest BCUT2D eigenvalue weighted by molar-refractivity contribution is -0.141. The third kappa shape index (κ3) is 6.62. The summed E-state index contributed by atoms with van der Waals surface area (Å²) >= 11 is 0. The van der Waals surface area contributed by atoms with Crippen molar-refractivity contribution in [2.45, 2.75) is 32.2 Å². The predicted octanol–water partition coefficient (Wildman–Crippen LogP) is 2.27. The van der Waals surface area contributed by atoms with E-state index in [1.807, 2.05) is 37.4 Å². The van der Waals surface area contributed by atoms with Gasteiger partial charge in [0.1, 0.15) is 17.6 Å². The second-order valence-corrected chi connectivity index (χ2v) is 6.02. The molecule has 0 fully saturated rings. The molecule has 1 atom stereocenters. The van der Waals surface area contributed by atoms with Gasteiger partial charge in [0.2, 0.25) is 5.91 Å². The second-order valence-electron chi connectivity index (χ2n) is 6.02. The zero-order valence-corrected chi connectivity index (χ0v) is 15.6. The van der Waals surface area contributed by atoms with Crippen LogP contribution in [0.4, 0.5) is 5.82 Å². The number of pyridine rings is 1. The number of carbonyl (C=O) groups excluding carboxylic acids is 1. The molecule has 0 spiro atoms. The standard InChI is InChI=1S/C20H25N3O4/c1-3-19(24)23-17(20(25)26)13-14-7-9-16(10-8-14)27-12-11-15-5-4-6-18(21-2)22-15/h4-10,17H,3,11-13H2,1-2H3,(H,21,22)(H,23,24)(H,25,26)/t17-/m0/s1. The molecule has 0 aliphatic carbocycles. The first-order valence-electron chi connectivity index (χ1n) is 8.89. The maximum Gasteiger partial charge on any atom is 0.326 e. The molecule has 0 saturated heterocycles. The molecule has 1 heterocycles. The number of amides is 1. The molecular formula is C20H25N3O4. The van der Waals surface area contributed by atoms with Gasteiger partial charge in [-0.3, -0.25) is 4.79 Å². The Balaban J connectivity index is 1.86. The summed E-state index contributed by atoms with van der Waals surface area (Å²) in [7, 11) is 1.83. The Bertz CT molecular complexity index is 762. The minimum Gasteiger partial charge on any atom is -0.493 e. The van der Waals surface area contributed by atoms with Crippen LogP contribution in [0.2, 0.25) is 0 Å². The minimum atomic E-state index is -1.05. The smallest absolute Gasteiger partial charge is 0.326 e. The third-order valence-electron chi connectivity index (χ3n) is 4.01. The van der Waals surface area contributed by atoms with Gasteiger partial charge in [0.05, 0.1) is 6.61 Å². The van der Waals surface area contributed by atoms with Crippen molar-refractivity contribution in [3.05, 3.63) is 53.7 Å². The van der Waals surface area contributed by atoms with Crippen molar-refractivity contribution >= 4 is 17.7 Å². The molecule has 0 aliphatic heterocycles. The maximum absolute atomic E-state index is 11.4. The normalized spacial score (nSPS) is 11.5. The molecule has 2 rings (SSSR count). The van der Waals surface area contributed by atoms with Crippen LogP contribution < -0.4 is 15.4 Å². The van der Waals surface area contributed by atoms with E-state index >= 15 is 0 Å². The van der Waals surface area contributed by atoms with Crippen LogP contribution in [-0.4, -0.2) is 41.7 Å². The number of nitrogens with one attached hydrogen (secondary N) is 2. The molecule has 144 valence electrons. The molecule has 0 aliphatic rings. The Kier molecular flexibility index (Phi) is 7.61. The van der Waals surface area contributed by atoms with Gasteiger partial charge in [0, 0.05) is 32.0 Å². The van der Waals surface area contributed by atoms with Crippen LogP contribution in [0.15, 0.2) is 42.5 Å². The van der Waals surface area contributed by atoms with Gasteiger partial charge in [-0.05, 0) is 29.8 Å². The van der Waals surface area contributed by atoms with Gasteiger partial charge in [0.15, 0.2) is 0 Å². The topological polar surface area (TPSA) is 101 Å². The van der Waals surface area contributed by atoms with Crippen molar-refractivity contribution < 1.29 is 19.4 Å². The van der Waals surface area contributed by atoms with Crippen molar-refractivity contribution in [1.82, 2.24) is 10.3 Å². The molecule has 0 saturated carbocycles. The second kappa shape index (κ2) is 10.2. The largest absolute Gasteiger partial charge is 0.493 e. The van der Waals surface area contributed by atoms with Crippen LogP contribution in [0.3, 0.4) is 0 Å². The summed E-state index contributed by atoms with van der Waals surface area (Å²) in [6, 6.07) is 12.1. The van der Waals surface area contributed by atoms with E-state index in [0.29, 0.717) is 18.8 Å². The van der Waals surface area contributed by atoms with E-state index in [1.54, 1.807) is 19.1 Å². The highest BCUT2D eigenvalue weighted by molar-refractivity contribution is 5.83. The fraction of sp³-hybridized carbons (Fsp3) is 0.350. The lowest BCUT2D eigenvalue weighted by Crippen LogP contribution is -2.42. The van der Waals surface area contributed by atoms with E-state index in [4.69, 9.17) is 4.74 Å². The number of aromatic nitrogens is 1. The maximum atomic E-state index is 11.4. The molecule has 1 aromatic heterocycles. The van der Waals surface area contributed by atoms with Gasteiger partial charge in [-0.1, -0.05) is 25.1 Å². The van der Waals surface area contributed by atoms with Crippen LogP contribution in [0.5, 0.6) is 5.75 Å². The fourth-order valence-electron chi connectivity index (χ4n) is 2.49. The minimum absolute atomic E-state index is 0.224. The molecular weight excluding hydrogens is 346 g/mol. The number of rotatable bonds is 10. The summed E-state index contributed by atoms with van der Waals surface area (Å²) in [5, 5.41) is 14.8. The first-order valence-corrected chi connectivity index (χ1v) is 8.89. The number of ether oxygens (including phenoxy) is 1. The van der Waals surface area contributed by atoms with Crippen LogP contribution >= 0.6 is 0 Å². The Morgan fingerprint density at radius 1 is 1.19 bits per heavy atom. The first kappa shape index (κ1) is 20.2. The summed E-state index contributed by atoms with van der Waals surface area (Å²) in [5.41, 5.74) is 1.75. The average Bonchev–Trinajstić information content (AvgIpc) is 2.68. The van der Waals surface area contributed by atoms with E-state index < -0.39 is 12.0 Å². The molecule has 0 unspecified atom stereocenters. The monoisotopic (exact) mass is 371 g/mol. The molecule has 3 N–H and O–H groups in total. The van der Waals surface area contributed by atoms with Crippen LogP contribution in [-0.2, 0) is 22.4 Å². The van der Waals surface area contributed by atoms with Crippen LogP contribution in [0.1, 0.15) is 24.6 Å². The first-order chi connectivity index (χ1) is 13.0. The number of benzene rings is 1. The van der Waals surface area contributed by atoms with Gasteiger partial charge in [-0.2, -0.15) is 0 Å². The summed E-state index contributed by atoms with van der Waals surface area (Å²) in [5.74, 6) is 0.194. The van der Waals surface area contributed by atoms with Gasteiger partial charge in [0.25, 0.3) is 0 Å². The molecule has 1 aromatic carbocycles. The number of carboxylic acid groups (broad SMARTS) is 1. The van der Waals surface area contributed by atoms with E-state index in [0.717, 1.165) is 17.1 Å². The molecule has 7 nitrogen and oxygen atoms in total. The van der Waals surface area contributed by atoms with Crippen molar-refractivity contribution in [2.75, 3.05) is 19.0 Å². The summed E-state index contributed by atoms with van der Waals surface area (Å²) in [6.45, 7) is 2.18. The Morgan fingerprint density at radius 3 is 2.56 bits per heavy atom. The highest BCUT2D eigenvalue weighted by atomic mass is 16.5. The molecule has 2 aromatic rings. The number of carbonyl (C=O) groups is 2. The average molecular weight is 371 g/mol. The Labute approximate surface area is 158 Å². The lowest BCUT2D eigenvalue weighted by atomic mass is 10.1. The van der Waals surface area contributed by atoms with E-state index in [-0.39, 0.29) is 18.7 Å². The van der Waals surface area contributed by atoms with Crippen molar-refractivity contribution in [2.24, 2.45) is 0 Å². The van der Waals surface area contributed by atoms with Gasteiger partial charge >= 0.3 is 5.97 Å². The van der Waals surface area contributed by atoms with Crippen molar-refractivity contribution in [3.63, 3.8) is 0 Å². The zero-order chi connectivity index (χ0) is 19.6. The molecule has 27 heavy (non-hydrogen) atoms. The van der Waals surface area contributed by atoms with Gasteiger partial charge in [-0.25, -0.2) is 9.78 Å². The number of hydrogen-bond donors (Lipinski definition) is 3. The quantitative estimate of drug-likeness (QED) is 0.592. The number of hydrogen-bond acceptors (Lipinski definition) is 5. The number of aliphatic carboxylic acids is 1. The molecule has 0 bridgehead atoms. The van der Waals surface area contributed by atoms with Crippen LogP contribution in [0.25, 0.3) is 0 Å². The molecule has 0 radical (unpaired) electrons. The SMILES string of the molecule is CCC(=O)N[C@@H](Cc1ccc(OCCc2cccc(NC)n2)cc1)C(=O)O. The summed E-state index contributed by atoms with van der Waals surface area (Å²) < 4.78 is 5.73. The zero-order valence-electron chi connectivity index (χ0n) is 15.6. The summed E-state index contributed by atoms with van der Waals surface area (Å²) in [6.07, 6.45) is 1.16. The Hall–Kier alpha value is -3.09. The van der Waals surface area contributed by atoms with E-state index in [2.05, 4.69) is 15.6 Å². The molecule has 1 amide bonds. The number of carboxylic acids is 1. The highest BCUT2D eigenvalue weighted by Gasteiger charge is 2.19. The van der Waals surface area contributed by atoms with E-state index in [1.165, 1.54) is 0 Å². The lowest BCUT2D eigenvalue weighted by Gasteiger charge is -2.14. The van der Waals surface area contributed by atoms with Crippen LogP contribution in [0, 0.1) is 0 Å². The number of anilines is 1. The van der Waals surface area contributed by atoms with Gasteiger partial charge in [-0.15, -0.1) is 0 Å². The van der Waals surface area contributed by atoms with Crippen molar-refractivity contribution in [3.8, 4) is 5.75 Å². The Morgan fingerprint density at radius 2 is 1.93 bits per heavy atom. The highest BCUT2D eigenvalue weighted by Crippen LogP contribution is 2.14. The summed E-state index contributed by atoms with van der Waals surface area (Å²) in [4.78, 5) is 27.2. The fourth-order valence-corrected chi connectivity index (χ4v) is 2.49. The van der Waals surface area contributed by atoms with Crippen molar-refractivity contribution in [1.29, 1.82) is 0 Å². The number of nitrogens with zero attached hydrogens (tertiary/aromatic N) is 1. The third-order valence-corrected chi connectivity index (χ3v) is 4.01. The van der Waals surface area contributed by atoms with Gasteiger partial charge < -0.3 is 20.5 Å². The molecule has 7 heteroatoms. The van der Waals surface area contributed by atoms with E-state index in [9.17, 15) is 14.7 Å². The predicted molar refractivity (Wildman–Crippen MR) is 103 cm³/mol.